The van der Waals surface area contributed by atoms with E-state index >= 15 is 0 Å². The molecule has 6 nitrogen and oxygen atoms in total. The van der Waals surface area contributed by atoms with Crippen molar-refractivity contribution in [1.29, 1.82) is 0 Å². The van der Waals surface area contributed by atoms with E-state index in [9.17, 15) is 9.59 Å². The van der Waals surface area contributed by atoms with E-state index in [1.165, 1.54) is 0 Å². The van der Waals surface area contributed by atoms with Crippen LogP contribution < -0.4 is 5.32 Å². The Morgan fingerprint density at radius 3 is 2.94 bits per heavy atom. The number of carboxylic acid groups (broad SMARTS) is 1. The van der Waals surface area contributed by atoms with Gasteiger partial charge in [-0.2, -0.15) is 5.10 Å². The molecule has 3 N–H and O–H groups in total. The van der Waals surface area contributed by atoms with Gasteiger partial charge in [-0.1, -0.05) is 6.92 Å². The molecule has 1 unspecified atom stereocenters. The highest BCUT2D eigenvalue weighted by atomic mass is 16.4. The molecule has 0 radical (unpaired) electrons. The Morgan fingerprint density at radius 1 is 1.50 bits per heavy atom. The SMILES string of the molecule is CCC(NC(=O)c1ccc2[nH]ncc2c1)C(=O)O. The molecule has 6 heteroatoms. The zero-order chi connectivity index (χ0) is 13.1. The van der Waals surface area contributed by atoms with Gasteiger partial charge in [-0.05, 0) is 24.6 Å². The number of amides is 1. The van der Waals surface area contributed by atoms with Crippen molar-refractivity contribution in [2.45, 2.75) is 19.4 Å². The molecule has 1 atom stereocenters. The minimum Gasteiger partial charge on any atom is -0.480 e. The maximum atomic E-state index is 11.9. The average molecular weight is 247 g/mol. The lowest BCUT2D eigenvalue weighted by Gasteiger charge is -2.12. The Hall–Kier alpha value is -2.37. The van der Waals surface area contributed by atoms with E-state index < -0.39 is 17.9 Å². The lowest BCUT2D eigenvalue weighted by Crippen LogP contribution is -2.40. The van der Waals surface area contributed by atoms with E-state index in [-0.39, 0.29) is 0 Å². The summed E-state index contributed by atoms with van der Waals surface area (Å²) in [5, 5.41) is 18.8. The van der Waals surface area contributed by atoms with Crippen LogP contribution in [0.3, 0.4) is 0 Å². The summed E-state index contributed by atoms with van der Waals surface area (Å²) in [5.41, 5.74) is 1.25. The highest BCUT2D eigenvalue weighted by Gasteiger charge is 2.18. The van der Waals surface area contributed by atoms with E-state index in [2.05, 4.69) is 15.5 Å². The maximum absolute atomic E-state index is 11.9. The normalized spacial score (nSPS) is 12.3. The second-order valence-electron chi connectivity index (χ2n) is 3.94. The van der Waals surface area contributed by atoms with Crippen LogP contribution in [0.5, 0.6) is 0 Å². The molecular formula is C12H13N3O3. The van der Waals surface area contributed by atoms with Crippen LogP contribution >= 0.6 is 0 Å². The fraction of sp³-hybridized carbons (Fsp3) is 0.250. The van der Waals surface area contributed by atoms with Crippen LogP contribution in [-0.2, 0) is 4.79 Å². The van der Waals surface area contributed by atoms with Gasteiger partial charge >= 0.3 is 5.97 Å². The largest absolute Gasteiger partial charge is 0.480 e. The predicted molar refractivity (Wildman–Crippen MR) is 65.3 cm³/mol. The fourth-order valence-electron chi connectivity index (χ4n) is 1.66. The number of benzene rings is 1. The summed E-state index contributed by atoms with van der Waals surface area (Å²) in [6, 6.07) is 4.17. The van der Waals surface area contributed by atoms with Crippen LogP contribution in [-0.4, -0.2) is 33.2 Å². The van der Waals surface area contributed by atoms with Gasteiger partial charge in [0.2, 0.25) is 0 Å². The number of H-pyrrole nitrogens is 1. The Bertz CT molecular complexity index is 591. The highest BCUT2D eigenvalue weighted by molar-refractivity contribution is 5.99. The minimum atomic E-state index is -1.03. The van der Waals surface area contributed by atoms with Crippen molar-refractivity contribution < 1.29 is 14.7 Å². The molecule has 0 aliphatic carbocycles. The summed E-state index contributed by atoms with van der Waals surface area (Å²) >= 11 is 0. The van der Waals surface area contributed by atoms with E-state index in [1.54, 1.807) is 31.3 Å². The number of rotatable bonds is 4. The van der Waals surface area contributed by atoms with Gasteiger partial charge in [-0.15, -0.1) is 0 Å². The zero-order valence-corrected chi connectivity index (χ0v) is 9.80. The lowest BCUT2D eigenvalue weighted by atomic mass is 10.1. The van der Waals surface area contributed by atoms with Crippen LogP contribution in [0, 0.1) is 0 Å². The molecule has 0 saturated carbocycles. The third-order valence-electron chi connectivity index (χ3n) is 2.71. The smallest absolute Gasteiger partial charge is 0.326 e. The first-order chi connectivity index (χ1) is 8.61. The van der Waals surface area contributed by atoms with Gasteiger partial charge in [0.25, 0.3) is 5.91 Å². The molecule has 94 valence electrons. The van der Waals surface area contributed by atoms with E-state index in [0.717, 1.165) is 10.9 Å². The molecule has 0 spiro atoms. The first-order valence-corrected chi connectivity index (χ1v) is 5.58. The van der Waals surface area contributed by atoms with Crippen molar-refractivity contribution in [2.24, 2.45) is 0 Å². The Labute approximate surface area is 103 Å². The average Bonchev–Trinajstić information content (AvgIpc) is 2.82. The van der Waals surface area contributed by atoms with Gasteiger partial charge in [0.05, 0.1) is 11.7 Å². The van der Waals surface area contributed by atoms with Crippen LogP contribution in [0.4, 0.5) is 0 Å². The number of aliphatic carboxylic acids is 1. The number of aromatic amines is 1. The van der Waals surface area contributed by atoms with Crippen molar-refractivity contribution in [1.82, 2.24) is 15.5 Å². The number of nitrogens with zero attached hydrogens (tertiary/aromatic N) is 1. The predicted octanol–water partition coefficient (Wildman–Crippen LogP) is 1.16. The number of hydrogen-bond acceptors (Lipinski definition) is 3. The molecule has 2 aromatic rings. The molecule has 0 saturated heterocycles. The summed E-state index contributed by atoms with van der Waals surface area (Å²) in [6.07, 6.45) is 1.95. The number of nitrogens with one attached hydrogen (secondary N) is 2. The third kappa shape index (κ3) is 2.32. The minimum absolute atomic E-state index is 0.342. The van der Waals surface area contributed by atoms with Crippen LogP contribution in [0.25, 0.3) is 10.9 Å². The second kappa shape index (κ2) is 4.87. The van der Waals surface area contributed by atoms with E-state index in [1.807, 2.05) is 0 Å². The number of carboxylic acids is 1. The second-order valence-corrected chi connectivity index (χ2v) is 3.94. The molecule has 18 heavy (non-hydrogen) atoms. The standard InChI is InChI=1S/C12H13N3O3/c1-2-9(12(17)18)14-11(16)7-3-4-10-8(5-7)6-13-15-10/h3-6,9H,2H2,1H3,(H,13,15)(H,14,16)(H,17,18). The van der Waals surface area contributed by atoms with Gasteiger partial charge in [0.15, 0.2) is 0 Å². The summed E-state index contributed by atoms with van der Waals surface area (Å²) < 4.78 is 0. The highest BCUT2D eigenvalue weighted by Crippen LogP contribution is 2.13. The Morgan fingerprint density at radius 2 is 2.28 bits per heavy atom. The van der Waals surface area contributed by atoms with Crippen LogP contribution in [0.2, 0.25) is 0 Å². The first kappa shape index (κ1) is 12.1. The number of fused-ring (bicyclic) bond motifs is 1. The molecular weight excluding hydrogens is 234 g/mol. The molecule has 0 aliphatic heterocycles. The number of hydrogen-bond donors (Lipinski definition) is 3. The molecule has 1 heterocycles. The monoisotopic (exact) mass is 247 g/mol. The quantitative estimate of drug-likeness (QED) is 0.755. The van der Waals surface area contributed by atoms with Crippen molar-refractivity contribution in [3.63, 3.8) is 0 Å². The lowest BCUT2D eigenvalue weighted by molar-refractivity contribution is -0.139. The van der Waals surface area contributed by atoms with Crippen molar-refractivity contribution in [3.8, 4) is 0 Å². The molecule has 0 fully saturated rings. The Balaban J connectivity index is 2.19. The van der Waals surface area contributed by atoms with Gasteiger partial charge < -0.3 is 10.4 Å². The number of carbonyl (C=O) groups is 2. The molecule has 1 aromatic carbocycles. The van der Waals surface area contributed by atoms with Crippen LogP contribution in [0.1, 0.15) is 23.7 Å². The summed E-state index contributed by atoms with van der Waals surface area (Å²) in [6.45, 7) is 1.71. The molecule has 1 aromatic heterocycles. The number of aromatic nitrogens is 2. The van der Waals surface area contributed by atoms with Gasteiger partial charge in [-0.3, -0.25) is 9.89 Å². The molecule has 0 aliphatic rings. The molecule has 0 bridgehead atoms. The topological polar surface area (TPSA) is 95.1 Å². The van der Waals surface area contributed by atoms with Crippen molar-refractivity contribution >= 4 is 22.8 Å². The number of carbonyl (C=O) groups excluding carboxylic acids is 1. The Kier molecular flexibility index (Phi) is 3.27. The van der Waals surface area contributed by atoms with Gasteiger partial charge in [0.1, 0.15) is 6.04 Å². The summed E-state index contributed by atoms with van der Waals surface area (Å²) in [7, 11) is 0. The third-order valence-corrected chi connectivity index (χ3v) is 2.71. The maximum Gasteiger partial charge on any atom is 0.326 e. The van der Waals surface area contributed by atoms with Gasteiger partial charge in [-0.25, -0.2) is 4.79 Å². The zero-order valence-electron chi connectivity index (χ0n) is 9.80. The van der Waals surface area contributed by atoms with Crippen molar-refractivity contribution in [2.75, 3.05) is 0 Å². The fourth-order valence-corrected chi connectivity index (χ4v) is 1.66. The van der Waals surface area contributed by atoms with Gasteiger partial charge in [0, 0.05) is 10.9 Å². The summed E-state index contributed by atoms with van der Waals surface area (Å²) in [4.78, 5) is 22.7. The van der Waals surface area contributed by atoms with E-state index in [4.69, 9.17) is 5.11 Å². The molecule has 1 amide bonds. The first-order valence-electron chi connectivity index (χ1n) is 5.58. The van der Waals surface area contributed by atoms with E-state index in [0.29, 0.717) is 12.0 Å². The molecule has 2 rings (SSSR count). The summed E-state index contributed by atoms with van der Waals surface area (Å²) in [5.74, 6) is -1.43. The van der Waals surface area contributed by atoms with Crippen LogP contribution in [0.15, 0.2) is 24.4 Å². The van der Waals surface area contributed by atoms with Crippen molar-refractivity contribution in [3.05, 3.63) is 30.0 Å².